The van der Waals surface area contributed by atoms with Gasteiger partial charge in [0.05, 0.1) is 5.41 Å². The number of rotatable bonds is 4. The average Bonchev–Trinajstić information content (AvgIpc) is 2.36. The third kappa shape index (κ3) is 4.02. The van der Waals surface area contributed by atoms with Gasteiger partial charge in [-0.2, -0.15) is 0 Å². The van der Waals surface area contributed by atoms with Crippen LogP contribution < -0.4 is 0 Å². The molecule has 1 unspecified atom stereocenters. The molecule has 1 saturated carbocycles. The van der Waals surface area contributed by atoms with E-state index in [0.29, 0.717) is 5.92 Å². The van der Waals surface area contributed by atoms with E-state index in [9.17, 15) is 4.79 Å². The van der Waals surface area contributed by atoms with Crippen molar-refractivity contribution in [2.45, 2.75) is 93.1 Å². The van der Waals surface area contributed by atoms with Crippen LogP contribution in [-0.2, 0) is 9.53 Å². The Bertz CT molecular complexity index is 356. The fourth-order valence-electron chi connectivity index (χ4n) is 3.37. The smallest absolute Gasteiger partial charge is 0.312 e. The summed E-state index contributed by atoms with van der Waals surface area (Å²) in [6.07, 6.45) is 5.69. The van der Waals surface area contributed by atoms with E-state index >= 15 is 0 Å². The minimum atomic E-state index is -0.424. The van der Waals surface area contributed by atoms with Crippen molar-refractivity contribution >= 4 is 5.97 Å². The molecule has 0 radical (unpaired) electrons. The maximum atomic E-state index is 12.8. The Morgan fingerprint density at radius 1 is 1.00 bits per heavy atom. The zero-order chi connectivity index (χ0) is 16.5. The van der Waals surface area contributed by atoms with Crippen LogP contribution in [0.1, 0.15) is 87.5 Å². The first-order valence-corrected chi connectivity index (χ1v) is 8.67. The predicted molar refractivity (Wildman–Crippen MR) is 89.1 cm³/mol. The number of esters is 1. The number of hydrogen-bond acceptors (Lipinski definition) is 2. The SMILES string of the molecule is CCC(C)(C(=O)OC(C)(C)C1CCC(C)CC1)C(C)(C)C. The van der Waals surface area contributed by atoms with E-state index in [0.717, 1.165) is 12.3 Å². The van der Waals surface area contributed by atoms with Gasteiger partial charge in [-0.25, -0.2) is 0 Å². The number of carbonyl (C=O) groups is 1. The van der Waals surface area contributed by atoms with Crippen LogP contribution >= 0.6 is 0 Å². The number of ether oxygens (including phenoxy) is 1. The molecule has 0 N–H and O–H groups in total. The standard InChI is InChI=1S/C19H36O2/c1-9-19(8,17(3,4)5)16(20)21-18(6,7)15-12-10-14(2)11-13-15/h14-15H,9-13H2,1-8H3. The topological polar surface area (TPSA) is 26.3 Å². The van der Waals surface area contributed by atoms with Crippen LogP contribution in [0.3, 0.4) is 0 Å². The Kier molecular flexibility index (Phi) is 5.56. The molecular weight excluding hydrogens is 260 g/mol. The van der Waals surface area contributed by atoms with Gasteiger partial charge in [-0.1, -0.05) is 47.5 Å². The summed E-state index contributed by atoms with van der Waals surface area (Å²) in [5.74, 6) is 1.29. The van der Waals surface area contributed by atoms with E-state index in [2.05, 4.69) is 48.5 Å². The van der Waals surface area contributed by atoms with Crippen molar-refractivity contribution < 1.29 is 9.53 Å². The molecule has 0 amide bonds. The summed E-state index contributed by atoms with van der Waals surface area (Å²) in [5, 5.41) is 0. The molecule has 0 saturated heterocycles. The molecule has 124 valence electrons. The molecule has 0 aromatic heterocycles. The van der Waals surface area contributed by atoms with Gasteiger partial charge in [0.1, 0.15) is 5.60 Å². The summed E-state index contributed by atoms with van der Waals surface area (Å²) >= 11 is 0. The first-order valence-electron chi connectivity index (χ1n) is 8.67. The lowest BCUT2D eigenvalue weighted by molar-refractivity contribution is -0.182. The Balaban J connectivity index is 2.80. The third-order valence-electron chi connectivity index (χ3n) is 6.17. The van der Waals surface area contributed by atoms with E-state index in [-0.39, 0.29) is 17.0 Å². The lowest BCUT2D eigenvalue weighted by atomic mass is 9.66. The number of hydrogen-bond donors (Lipinski definition) is 0. The summed E-state index contributed by atoms with van der Waals surface area (Å²) in [6, 6.07) is 0. The highest BCUT2D eigenvalue weighted by Crippen LogP contribution is 2.45. The Morgan fingerprint density at radius 3 is 1.86 bits per heavy atom. The highest BCUT2D eigenvalue weighted by atomic mass is 16.6. The molecule has 1 aliphatic rings. The van der Waals surface area contributed by atoms with E-state index in [1.54, 1.807) is 0 Å². The highest BCUT2D eigenvalue weighted by molar-refractivity contribution is 5.77. The second-order valence-electron chi connectivity index (χ2n) is 8.89. The van der Waals surface area contributed by atoms with E-state index in [4.69, 9.17) is 4.74 Å². The van der Waals surface area contributed by atoms with Gasteiger partial charge in [0.15, 0.2) is 0 Å². The summed E-state index contributed by atoms with van der Waals surface area (Å²) < 4.78 is 6.06. The maximum absolute atomic E-state index is 12.8. The molecular formula is C19H36O2. The van der Waals surface area contributed by atoms with Crippen LogP contribution in [-0.4, -0.2) is 11.6 Å². The summed E-state index contributed by atoms with van der Waals surface area (Å²) in [6.45, 7) is 17.1. The maximum Gasteiger partial charge on any atom is 0.312 e. The van der Waals surface area contributed by atoms with Crippen molar-refractivity contribution in [3.8, 4) is 0 Å². The van der Waals surface area contributed by atoms with E-state index < -0.39 is 5.41 Å². The molecule has 0 spiro atoms. The van der Waals surface area contributed by atoms with E-state index in [1.165, 1.54) is 25.7 Å². The molecule has 0 aromatic carbocycles. The molecule has 1 aliphatic carbocycles. The normalized spacial score (nSPS) is 27.0. The average molecular weight is 296 g/mol. The zero-order valence-electron chi connectivity index (χ0n) is 15.5. The zero-order valence-corrected chi connectivity index (χ0v) is 15.5. The van der Waals surface area contributed by atoms with Gasteiger partial charge in [-0.15, -0.1) is 0 Å². The summed E-state index contributed by atoms with van der Waals surface area (Å²) in [7, 11) is 0. The summed E-state index contributed by atoms with van der Waals surface area (Å²) in [4.78, 5) is 12.8. The molecule has 2 nitrogen and oxygen atoms in total. The van der Waals surface area contributed by atoms with Crippen molar-refractivity contribution in [1.82, 2.24) is 0 Å². The Hall–Kier alpha value is -0.530. The lowest BCUT2D eigenvalue weighted by Crippen LogP contribution is -2.47. The van der Waals surface area contributed by atoms with Gasteiger partial charge in [0.2, 0.25) is 0 Å². The summed E-state index contributed by atoms with van der Waals surface area (Å²) in [5.41, 5.74) is -0.860. The number of carbonyl (C=O) groups excluding carboxylic acids is 1. The molecule has 1 fully saturated rings. The molecule has 21 heavy (non-hydrogen) atoms. The fourth-order valence-corrected chi connectivity index (χ4v) is 3.37. The monoisotopic (exact) mass is 296 g/mol. The molecule has 1 rings (SSSR count). The minimum Gasteiger partial charge on any atom is -0.459 e. The van der Waals surface area contributed by atoms with Gasteiger partial charge in [-0.3, -0.25) is 4.79 Å². The van der Waals surface area contributed by atoms with Crippen molar-refractivity contribution in [2.24, 2.45) is 22.7 Å². The molecule has 2 heteroatoms. The quantitative estimate of drug-likeness (QED) is 0.631. The van der Waals surface area contributed by atoms with Crippen LogP contribution in [0.25, 0.3) is 0 Å². The van der Waals surface area contributed by atoms with Crippen LogP contribution in [0.15, 0.2) is 0 Å². The highest BCUT2D eigenvalue weighted by Gasteiger charge is 2.47. The van der Waals surface area contributed by atoms with Crippen molar-refractivity contribution in [2.75, 3.05) is 0 Å². The Labute approximate surface area is 132 Å². The van der Waals surface area contributed by atoms with Gasteiger partial charge in [0, 0.05) is 0 Å². The van der Waals surface area contributed by atoms with Gasteiger partial charge < -0.3 is 4.74 Å². The van der Waals surface area contributed by atoms with Crippen LogP contribution in [0.2, 0.25) is 0 Å². The van der Waals surface area contributed by atoms with Crippen LogP contribution in [0, 0.1) is 22.7 Å². The van der Waals surface area contributed by atoms with Crippen molar-refractivity contribution in [3.05, 3.63) is 0 Å². The molecule has 0 bridgehead atoms. The molecule has 0 aliphatic heterocycles. The largest absolute Gasteiger partial charge is 0.459 e. The predicted octanol–water partition coefficient (Wildman–Crippen LogP) is 5.60. The fraction of sp³-hybridized carbons (Fsp3) is 0.947. The first kappa shape index (κ1) is 18.5. The van der Waals surface area contributed by atoms with Gasteiger partial charge in [-0.05, 0) is 57.3 Å². The van der Waals surface area contributed by atoms with Gasteiger partial charge in [0.25, 0.3) is 0 Å². The van der Waals surface area contributed by atoms with Gasteiger partial charge >= 0.3 is 5.97 Å². The Morgan fingerprint density at radius 2 is 1.48 bits per heavy atom. The molecule has 0 heterocycles. The minimum absolute atomic E-state index is 0.0267. The van der Waals surface area contributed by atoms with Crippen molar-refractivity contribution in [3.63, 3.8) is 0 Å². The van der Waals surface area contributed by atoms with Crippen LogP contribution in [0.4, 0.5) is 0 Å². The third-order valence-corrected chi connectivity index (χ3v) is 6.17. The van der Waals surface area contributed by atoms with E-state index in [1.807, 2.05) is 6.92 Å². The first-order chi connectivity index (χ1) is 9.44. The van der Waals surface area contributed by atoms with Crippen LogP contribution in [0.5, 0.6) is 0 Å². The molecule has 1 atom stereocenters. The second-order valence-corrected chi connectivity index (χ2v) is 8.89. The molecule has 0 aromatic rings. The van der Waals surface area contributed by atoms with Crippen molar-refractivity contribution in [1.29, 1.82) is 0 Å². The second kappa shape index (κ2) is 6.30. The lowest BCUT2D eigenvalue weighted by Gasteiger charge is -2.44.